The molecule has 0 unspecified atom stereocenters. The number of carbonyl (C=O) groups is 2. The molecule has 0 saturated heterocycles. The molecule has 0 heterocycles. The monoisotopic (exact) mass is 287 g/mol. The smallest absolute Gasteiger partial charge is 0.329 e. The van der Waals surface area contributed by atoms with Crippen LogP contribution in [0.1, 0.15) is 6.92 Å². The number of hydrogen-bond donors (Lipinski definition) is 2. The van der Waals surface area contributed by atoms with Gasteiger partial charge in [0.25, 0.3) is 0 Å². The van der Waals surface area contributed by atoms with Crippen LogP contribution < -0.4 is 10.1 Å². The van der Waals surface area contributed by atoms with Gasteiger partial charge in [-0.2, -0.15) is 0 Å². The van der Waals surface area contributed by atoms with E-state index in [2.05, 4.69) is 10.1 Å². The molecule has 1 amide bonds. The molecule has 1 aromatic carbocycles. The number of carboxylic acid groups (broad SMARTS) is 1. The number of halogens is 1. The minimum absolute atomic E-state index is 0.336. The zero-order chi connectivity index (χ0) is 14.3. The van der Waals surface area contributed by atoms with E-state index in [9.17, 15) is 9.59 Å². The molecular weight excluding hydrogens is 274 g/mol. The van der Waals surface area contributed by atoms with Crippen LogP contribution in [0.2, 0.25) is 5.02 Å². The lowest BCUT2D eigenvalue weighted by atomic mass is 10.3. The highest BCUT2D eigenvalue weighted by Gasteiger charge is 2.07. The number of ether oxygens (including phenoxy) is 2. The van der Waals surface area contributed by atoms with Crippen molar-refractivity contribution in [3.63, 3.8) is 0 Å². The number of aliphatic carboxylic acids is 1. The third-order valence-electron chi connectivity index (χ3n) is 1.97. The zero-order valence-corrected chi connectivity index (χ0v) is 11.1. The van der Waals surface area contributed by atoms with Crippen molar-refractivity contribution in [1.29, 1.82) is 0 Å². The molecule has 6 nitrogen and oxygen atoms in total. The van der Waals surface area contributed by atoms with Crippen molar-refractivity contribution < 1.29 is 24.2 Å². The van der Waals surface area contributed by atoms with Crippen molar-refractivity contribution in [3.8, 4) is 5.75 Å². The molecule has 0 aromatic heterocycles. The number of amides is 1. The van der Waals surface area contributed by atoms with E-state index in [0.717, 1.165) is 0 Å². The quantitative estimate of drug-likeness (QED) is 0.798. The number of benzene rings is 1. The molecule has 1 aromatic rings. The lowest BCUT2D eigenvalue weighted by Crippen LogP contribution is -2.20. The van der Waals surface area contributed by atoms with Gasteiger partial charge in [-0.25, -0.2) is 4.79 Å². The maximum absolute atomic E-state index is 11.4. The molecule has 0 aliphatic rings. The Morgan fingerprint density at radius 3 is 2.68 bits per heavy atom. The number of anilines is 1. The third-order valence-corrected chi connectivity index (χ3v) is 2.27. The Hall–Kier alpha value is -1.79. The topological polar surface area (TPSA) is 84.9 Å². The average molecular weight is 288 g/mol. The van der Waals surface area contributed by atoms with E-state index < -0.39 is 18.5 Å². The minimum atomic E-state index is -1.13. The summed E-state index contributed by atoms with van der Waals surface area (Å²) in [7, 11) is 0. The van der Waals surface area contributed by atoms with Gasteiger partial charge < -0.3 is 19.9 Å². The first-order chi connectivity index (χ1) is 9.02. The van der Waals surface area contributed by atoms with Crippen LogP contribution in [0.15, 0.2) is 18.2 Å². The van der Waals surface area contributed by atoms with Crippen LogP contribution in [-0.4, -0.2) is 36.8 Å². The maximum Gasteiger partial charge on any atom is 0.329 e. The molecule has 104 valence electrons. The van der Waals surface area contributed by atoms with E-state index in [0.29, 0.717) is 23.1 Å². The summed E-state index contributed by atoms with van der Waals surface area (Å²) in [5.41, 5.74) is 0.484. The van der Waals surface area contributed by atoms with Gasteiger partial charge in [0.1, 0.15) is 19.0 Å². The van der Waals surface area contributed by atoms with E-state index in [4.69, 9.17) is 21.4 Å². The lowest BCUT2D eigenvalue weighted by Gasteiger charge is -2.09. The Kier molecular flexibility index (Phi) is 6.11. The minimum Gasteiger partial charge on any atom is -0.492 e. The van der Waals surface area contributed by atoms with Crippen molar-refractivity contribution in [2.24, 2.45) is 0 Å². The Balaban J connectivity index is 2.50. The van der Waals surface area contributed by atoms with Gasteiger partial charge in [-0.3, -0.25) is 4.79 Å². The van der Waals surface area contributed by atoms with E-state index in [1.54, 1.807) is 18.2 Å². The third kappa shape index (κ3) is 5.58. The van der Waals surface area contributed by atoms with Crippen LogP contribution in [0.4, 0.5) is 5.69 Å². The van der Waals surface area contributed by atoms with Gasteiger partial charge >= 0.3 is 5.97 Å². The van der Waals surface area contributed by atoms with E-state index in [1.165, 1.54) is 0 Å². The first-order valence-corrected chi connectivity index (χ1v) is 5.92. The lowest BCUT2D eigenvalue weighted by molar-refractivity contribution is -0.143. The fraction of sp³-hybridized carbons (Fsp3) is 0.333. The van der Waals surface area contributed by atoms with Gasteiger partial charge in [0.2, 0.25) is 5.91 Å². The Bertz CT molecular complexity index is 463. The summed E-state index contributed by atoms with van der Waals surface area (Å²) in [6, 6.07) is 4.81. The SMILES string of the molecule is CCOc1ccc(NC(=O)COCC(=O)O)cc1Cl. The first kappa shape index (κ1) is 15.3. The summed E-state index contributed by atoms with van der Waals surface area (Å²) in [6.45, 7) is 1.48. The van der Waals surface area contributed by atoms with Gasteiger partial charge in [0.15, 0.2) is 0 Å². The molecule has 0 saturated carbocycles. The molecule has 0 atom stereocenters. The molecule has 7 heteroatoms. The van der Waals surface area contributed by atoms with Gasteiger partial charge in [-0.15, -0.1) is 0 Å². The summed E-state index contributed by atoms with van der Waals surface area (Å²) in [5.74, 6) is -1.05. The summed E-state index contributed by atoms with van der Waals surface area (Å²) < 4.78 is 9.91. The second-order valence-corrected chi connectivity index (χ2v) is 3.92. The second-order valence-electron chi connectivity index (χ2n) is 3.51. The summed E-state index contributed by atoms with van der Waals surface area (Å²) in [6.07, 6.45) is 0. The highest BCUT2D eigenvalue weighted by molar-refractivity contribution is 6.32. The Labute approximate surface area is 115 Å². The molecular formula is C12H14ClNO5. The molecule has 19 heavy (non-hydrogen) atoms. The first-order valence-electron chi connectivity index (χ1n) is 5.54. The van der Waals surface area contributed by atoms with Crippen LogP contribution in [0.5, 0.6) is 5.75 Å². The predicted molar refractivity (Wildman–Crippen MR) is 69.7 cm³/mol. The summed E-state index contributed by atoms with van der Waals surface area (Å²) in [4.78, 5) is 21.6. The molecule has 1 rings (SSSR count). The number of carboxylic acids is 1. The van der Waals surface area contributed by atoms with Crippen LogP contribution in [0, 0.1) is 0 Å². The fourth-order valence-electron chi connectivity index (χ4n) is 1.28. The van der Waals surface area contributed by atoms with E-state index in [-0.39, 0.29) is 6.61 Å². The normalized spacial score (nSPS) is 10.0. The van der Waals surface area contributed by atoms with E-state index >= 15 is 0 Å². The van der Waals surface area contributed by atoms with Gasteiger partial charge in [0.05, 0.1) is 11.6 Å². The highest BCUT2D eigenvalue weighted by Crippen LogP contribution is 2.27. The highest BCUT2D eigenvalue weighted by atomic mass is 35.5. The molecule has 0 aliphatic carbocycles. The predicted octanol–water partition coefficient (Wildman–Crippen LogP) is 1.78. The van der Waals surface area contributed by atoms with Crippen molar-refractivity contribution in [2.45, 2.75) is 6.92 Å². The van der Waals surface area contributed by atoms with Crippen molar-refractivity contribution in [2.75, 3.05) is 25.1 Å². The fourth-order valence-corrected chi connectivity index (χ4v) is 1.51. The second kappa shape index (κ2) is 7.60. The van der Waals surface area contributed by atoms with E-state index in [1.807, 2.05) is 6.92 Å². The van der Waals surface area contributed by atoms with Gasteiger partial charge in [0, 0.05) is 5.69 Å². The molecule has 0 fully saturated rings. The van der Waals surface area contributed by atoms with Gasteiger partial charge in [-0.1, -0.05) is 11.6 Å². The average Bonchev–Trinajstić information content (AvgIpc) is 2.32. The number of nitrogens with one attached hydrogen (secondary N) is 1. The standard InChI is InChI=1S/C12H14ClNO5/c1-2-19-10-4-3-8(5-9(10)13)14-11(15)6-18-7-12(16)17/h3-5H,2,6-7H2,1H3,(H,14,15)(H,16,17). The Morgan fingerprint density at radius 2 is 2.11 bits per heavy atom. The van der Waals surface area contributed by atoms with Crippen molar-refractivity contribution >= 4 is 29.2 Å². The number of rotatable bonds is 7. The largest absolute Gasteiger partial charge is 0.492 e. The van der Waals surface area contributed by atoms with Crippen molar-refractivity contribution in [1.82, 2.24) is 0 Å². The van der Waals surface area contributed by atoms with Crippen LogP contribution >= 0.6 is 11.6 Å². The Morgan fingerprint density at radius 1 is 1.37 bits per heavy atom. The number of carbonyl (C=O) groups excluding carboxylic acids is 1. The molecule has 0 aliphatic heterocycles. The molecule has 0 spiro atoms. The van der Waals surface area contributed by atoms with Crippen LogP contribution in [0.3, 0.4) is 0 Å². The van der Waals surface area contributed by atoms with Crippen LogP contribution in [0.25, 0.3) is 0 Å². The summed E-state index contributed by atoms with van der Waals surface area (Å²) >= 11 is 5.95. The zero-order valence-electron chi connectivity index (χ0n) is 10.3. The molecule has 2 N–H and O–H groups in total. The molecule has 0 radical (unpaired) electrons. The van der Waals surface area contributed by atoms with Crippen molar-refractivity contribution in [3.05, 3.63) is 23.2 Å². The summed E-state index contributed by atoms with van der Waals surface area (Å²) in [5, 5.41) is 11.3. The van der Waals surface area contributed by atoms with Crippen LogP contribution in [-0.2, 0) is 14.3 Å². The maximum atomic E-state index is 11.4. The number of hydrogen-bond acceptors (Lipinski definition) is 4. The molecule has 0 bridgehead atoms. The van der Waals surface area contributed by atoms with Gasteiger partial charge in [-0.05, 0) is 25.1 Å².